The van der Waals surface area contributed by atoms with E-state index in [2.05, 4.69) is 35.6 Å². The van der Waals surface area contributed by atoms with Crippen molar-refractivity contribution in [3.8, 4) is 11.5 Å². The molecule has 2 aromatic carbocycles. The average Bonchev–Trinajstić information content (AvgIpc) is 3.28. The zero-order chi connectivity index (χ0) is 13.2. The summed E-state index contributed by atoms with van der Waals surface area (Å²) in [5.74, 6) is 1.55. The van der Waals surface area contributed by atoms with Crippen LogP contribution in [0.1, 0.15) is 23.2 Å². The molecule has 3 nitrogen and oxygen atoms in total. The van der Waals surface area contributed by atoms with Crippen molar-refractivity contribution in [3.63, 3.8) is 0 Å². The Hall–Kier alpha value is -2.00. The highest BCUT2D eigenvalue weighted by Gasteiger charge is 2.38. The maximum Gasteiger partial charge on any atom is 0.161 e. The van der Waals surface area contributed by atoms with Crippen molar-refractivity contribution in [2.24, 2.45) is 0 Å². The zero-order valence-corrected chi connectivity index (χ0v) is 11.1. The first kappa shape index (κ1) is 12.1. The molecule has 0 radical (unpaired) electrons. The first-order chi connectivity index (χ1) is 9.33. The summed E-state index contributed by atoms with van der Waals surface area (Å²) >= 11 is 0. The lowest BCUT2D eigenvalue weighted by Gasteiger charge is -2.08. The third kappa shape index (κ3) is 2.29. The molecule has 0 bridgehead atoms. The van der Waals surface area contributed by atoms with Crippen molar-refractivity contribution in [2.45, 2.75) is 12.1 Å². The van der Waals surface area contributed by atoms with Crippen LogP contribution in [0.15, 0.2) is 48.5 Å². The van der Waals surface area contributed by atoms with Crippen LogP contribution in [0, 0.1) is 0 Å². The Bertz CT molecular complexity index is 568. The van der Waals surface area contributed by atoms with Gasteiger partial charge in [0, 0.05) is 0 Å². The third-order valence-electron chi connectivity index (χ3n) is 3.51. The Kier molecular flexibility index (Phi) is 3.13. The molecule has 0 aliphatic carbocycles. The molecule has 0 amide bonds. The predicted molar refractivity (Wildman–Crippen MR) is 74.6 cm³/mol. The van der Waals surface area contributed by atoms with Crippen LogP contribution in [0.5, 0.6) is 11.5 Å². The summed E-state index contributed by atoms with van der Waals surface area (Å²) in [4.78, 5) is 0. The molecular weight excluding hydrogens is 238 g/mol. The summed E-state index contributed by atoms with van der Waals surface area (Å²) in [7, 11) is 3.32. The van der Waals surface area contributed by atoms with Crippen molar-refractivity contribution in [1.29, 1.82) is 0 Å². The summed E-state index contributed by atoms with van der Waals surface area (Å²) in [6.07, 6.45) is 0. The van der Waals surface area contributed by atoms with Crippen LogP contribution in [-0.4, -0.2) is 14.2 Å². The van der Waals surface area contributed by atoms with Gasteiger partial charge < -0.3 is 9.47 Å². The SMILES string of the molecule is COc1ccc(C2NC2c2ccccc2)cc1OC. The van der Waals surface area contributed by atoms with Crippen LogP contribution in [0.3, 0.4) is 0 Å². The van der Waals surface area contributed by atoms with E-state index in [1.54, 1.807) is 14.2 Å². The lowest BCUT2D eigenvalue weighted by atomic mass is 10.0. The predicted octanol–water partition coefficient (Wildman–Crippen LogP) is 3.09. The molecule has 0 spiro atoms. The van der Waals surface area contributed by atoms with Crippen molar-refractivity contribution in [1.82, 2.24) is 5.32 Å². The van der Waals surface area contributed by atoms with E-state index in [-0.39, 0.29) is 0 Å². The maximum atomic E-state index is 5.34. The minimum atomic E-state index is 0.363. The van der Waals surface area contributed by atoms with Crippen LogP contribution in [0.25, 0.3) is 0 Å². The van der Waals surface area contributed by atoms with Gasteiger partial charge in [0.15, 0.2) is 11.5 Å². The number of nitrogens with one attached hydrogen (secondary N) is 1. The molecule has 0 aromatic heterocycles. The second kappa shape index (κ2) is 4.94. The fraction of sp³-hybridized carbons (Fsp3) is 0.250. The molecular formula is C16H17NO2. The minimum Gasteiger partial charge on any atom is -0.493 e. The van der Waals surface area contributed by atoms with Gasteiger partial charge in [-0.2, -0.15) is 0 Å². The number of ether oxygens (including phenoxy) is 2. The molecule has 98 valence electrons. The summed E-state index contributed by atoms with van der Waals surface area (Å²) in [6.45, 7) is 0. The van der Waals surface area contributed by atoms with Crippen molar-refractivity contribution in [2.75, 3.05) is 14.2 Å². The Morgan fingerprint density at radius 3 is 2.16 bits per heavy atom. The Balaban J connectivity index is 1.82. The highest BCUT2D eigenvalue weighted by Crippen LogP contribution is 2.44. The van der Waals surface area contributed by atoms with Crippen LogP contribution in [0.2, 0.25) is 0 Å². The summed E-state index contributed by atoms with van der Waals surface area (Å²) in [5, 5.41) is 3.49. The standard InChI is InChI=1S/C16H17NO2/c1-18-13-9-8-12(10-14(13)19-2)16-15(17-16)11-6-4-3-5-7-11/h3-10,15-17H,1-2H3. The van der Waals surface area contributed by atoms with Gasteiger partial charge >= 0.3 is 0 Å². The van der Waals surface area contributed by atoms with Gasteiger partial charge in [-0.25, -0.2) is 0 Å². The van der Waals surface area contributed by atoms with Gasteiger partial charge in [0.25, 0.3) is 0 Å². The quantitative estimate of drug-likeness (QED) is 0.853. The summed E-state index contributed by atoms with van der Waals surface area (Å²) in [5.41, 5.74) is 2.55. The molecule has 1 N–H and O–H groups in total. The van der Waals surface area contributed by atoms with E-state index in [1.807, 2.05) is 18.2 Å². The van der Waals surface area contributed by atoms with Crippen LogP contribution >= 0.6 is 0 Å². The zero-order valence-electron chi connectivity index (χ0n) is 11.1. The summed E-state index contributed by atoms with van der Waals surface area (Å²) < 4.78 is 10.6. The van der Waals surface area contributed by atoms with E-state index in [4.69, 9.17) is 9.47 Å². The van der Waals surface area contributed by atoms with E-state index in [0.717, 1.165) is 11.5 Å². The van der Waals surface area contributed by atoms with Crippen LogP contribution in [0.4, 0.5) is 0 Å². The van der Waals surface area contributed by atoms with Crippen molar-refractivity contribution in [3.05, 3.63) is 59.7 Å². The van der Waals surface area contributed by atoms with Crippen molar-refractivity contribution < 1.29 is 9.47 Å². The summed E-state index contributed by atoms with van der Waals surface area (Å²) in [6, 6.07) is 17.3. The molecule has 1 aliphatic heterocycles. The van der Waals surface area contributed by atoms with E-state index < -0.39 is 0 Å². The third-order valence-corrected chi connectivity index (χ3v) is 3.51. The molecule has 2 aromatic rings. The van der Waals surface area contributed by atoms with Gasteiger partial charge in [-0.3, -0.25) is 5.32 Å². The largest absolute Gasteiger partial charge is 0.493 e. The normalized spacial score (nSPS) is 20.9. The van der Waals surface area contributed by atoms with Gasteiger partial charge in [0.2, 0.25) is 0 Å². The molecule has 0 saturated carbocycles. The second-order valence-electron chi connectivity index (χ2n) is 4.65. The lowest BCUT2D eigenvalue weighted by molar-refractivity contribution is 0.354. The Labute approximate surface area is 113 Å². The molecule has 1 saturated heterocycles. The number of methoxy groups -OCH3 is 2. The van der Waals surface area contributed by atoms with Gasteiger partial charge in [-0.1, -0.05) is 36.4 Å². The first-order valence-electron chi connectivity index (χ1n) is 6.36. The number of hydrogen-bond donors (Lipinski definition) is 1. The van der Waals surface area contributed by atoms with Gasteiger partial charge in [-0.15, -0.1) is 0 Å². The van der Waals surface area contributed by atoms with Gasteiger partial charge in [-0.05, 0) is 23.3 Å². The molecule has 1 aliphatic rings. The van der Waals surface area contributed by atoms with Gasteiger partial charge in [0.05, 0.1) is 26.3 Å². The first-order valence-corrected chi connectivity index (χ1v) is 6.36. The highest BCUT2D eigenvalue weighted by molar-refractivity contribution is 5.46. The molecule has 2 atom stereocenters. The topological polar surface area (TPSA) is 40.4 Å². The smallest absolute Gasteiger partial charge is 0.161 e. The minimum absolute atomic E-state index is 0.363. The van der Waals surface area contributed by atoms with Gasteiger partial charge in [0.1, 0.15) is 0 Å². The fourth-order valence-corrected chi connectivity index (χ4v) is 2.42. The van der Waals surface area contributed by atoms with E-state index in [1.165, 1.54) is 11.1 Å². The molecule has 1 fully saturated rings. The maximum absolute atomic E-state index is 5.34. The lowest BCUT2D eigenvalue weighted by Crippen LogP contribution is -1.92. The molecule has 3 rings (SSSR count). The second-order valence-corrected chi connectivity index (χ2v) is 4.65. The Morgan fingerprint density at radius 1 is 0.789 bits per heavy atom. The highest BCUT2D eigenvalue weighted by atomic mass is 16.5. The van der Waals surface area contributed by atoms with Crippen LogP contribution in [-0.2, 0) is 0 Å². The van der Waals surface area contributed by atoms with E-state index >= 15 is 0 Å². The number of benzene rings is 2. The molecule has 1 heterocycles. The fourth-order valence-electron chi connectivity index (χ4n) is 2.42. The van der Waals surface area contributed by atoms with Crippen LogP contribution < -0.4 is 14.8 Å². The average molecular weight is 255 g/mol. The monoisotopic (exact) mass is 255 g/mol. The van der Waals surface area contributed by atoms with Crippen molar-refractivity contribution >= 4 is 0 Å². The van der Waals surface area contributed by atoms with E-state index in [0.29, 0.717) is 12.1 Å². The van der Waals surface area contributed by atoms with E-state index in [9.17, 15) is 0 Å². The molecule has 3 heteroatoms. The Morgan fingerprint density at radius 2 is 1.47 bits per heavy atom. The molecule has 19 heavy (non-hydrogen) atoms. The molecule has 2 unspecified atom stereocenters. The number of rotatable bonds is 4. The number of hydrogen-bond acceptors (Lipinski definition) is 3.